The Morgan fingerprint density at radius 3 is 1.59 bits per heavy atom. The Morgan fingerprint density at radius 2 is 1.17 bits per heavy atom. The Morgan fingerprint density at radius 1 is 0.685 bits per heavy atom. The lowest BCUT2D eigenvalue weighted by Gasteiger charge is -2.39. The van der Waals surface area contributed by atoms with E-state index in [4.69, 9.17) is 9.47 Å². The fourth-order valence-electron chi connectivity index (χ4n) is 6.18. The lowest BCUT2D eigenvalue weighted by atomic mass is 9.66. The van der Waals surface area contributed by atoms with Gasteiger partial charge in [-0.2, -0.15) is 57.1 Å². The van der Waals surface area contributed by atoms with Gasteiger partial charge in [0.1, 0.15) is 11.4 Å². The molecule has 1 aromatic rings. The highest BCUT2D eigenvalue weighted by Crippen LogP contribution is 2.61. The molecule has 2 rings (SSSR count). The average Bonchev–Trinajstić information content (AvgIpc) is 3.20. The third kappa shape index (κ3) is 9.39. The zero-order valence-electron chi connectivity index (χ0n) is 31.0. The molecule has 0 saturated carbocycles. The number of ether oxygens (including phenoxy) is 2. The molecular weight excluding hydrogens is 761 g/mol. The number of carbonyl (C=O) groups is 3. The molecule has 1 heterocycles. The average molecular weight is 806 g/mol. The fourth-order valence-corrected chi connectivity index (χ4v) is 6.18. The van der Waals surface area contributed by atoms with Crippen molar-refractivity contribution < 1.29 is 80.9 Å². The van der Waals surface area contributed by atoms with Gasteiger partial charge in [0.25, 0.3) is 0 Å². The van der Waals surface area contributed by atoms with Crippen molar-refractivity contribution in [1.82, 2.24) is 4.90 Å². The van der Waals surface area contributed by atoms with Gasteiger partial charge in [-0.05, 0) is 74.5 Å². The molecule has 1 aliphatic rings. The van der Waals surface area contributed by atoms with Gasteiger partial charge >= 0.3 is 41.9 Å². The van der Waals surface area contributed by atoms with Crippen LogP contribution in [0.1, 0.15) is 99.5 Å². The molecule has 1 aromatic carbocycles. The largest absolute Gasteiger partial charge is 0.514 e. The highest BCUT2D eigenvalue weighted by molar-refractivity contribution is 6.05. The van der Waals surface area contributed by atoms with Crippen LogP contribution in [0.25, 0.3) is 0 Å². The van der Waals surface area contributed by atoms with E-state index >= 15 is 0 Å². The lowest BCUT2D eigenvalue weighted by molar-refractivity contribution is -0.440. The number of imide groups is 1. The van der Waals surface area contributed by atoms with Gasteiger partial charge in [-0.1, -0.05) is 53.7 Å². The lowest BCUT2D eigenvalue weighted by Crippen LogP contribution is -2.70. The van der Waals surface area contributed by atoms with E-state index in [0.717, 1.165) is 0 Å². The summed E-state index contributed by atoms with van der Waals surface area (Å²) in [7, 11) is 0. The van der Waals surface area contributed by atoms with Crippen LogP contribution in [-0.2, 0) is 14.3 Å². The summed E-state index contributed by atoms with van der Waals surface area (Å²) in [6.07, 6.45) is -12.9. The Labute approximate surface area is 304 Å². The second kappa shape index (κ2) is 15.0. The molecule has 3 atom stereocenters. The monoisotopic (exact) mass is 805 g/mol. The molecule has 1 fully saturated rings. The maximum absolute atomic E-state index is 14.3. The first kappa shape index (κ1) is 46.9. The van der Waals surface area contributed by atoms with Crippen molar-refractivity contribution in [2.24, 2.45) is 22.7 Å². The van der Waals surface area contributed by atoms with Gasteiger partial charge in [0, 0.05) is 13.0 Å². The van der Waals surface area contributed by atoms with Crippen molar-refractivity contribution in [3.05, 3.63) is 29.8 Å². The second-order valence-electron chi connectivity index (χ2n) is 16.5. The van der Waals surface area contributed by atoms with E-state index in [1.807, 2.05) is 20.8 Å². The molecule has 1 saturated heterocycles. The number of rotatable bonds is 13. The first-order chi connectivity index (χ1) is 23.8. The van der Waals surface area contributed by atoms with Crippen LogP contribution in [0.5, 0.6) is 5.75 Å². The Bertz CT molecular complexity index is 1510. The van der Waals surface area contributed by atoms with Gasteiger partial charge in [0.15, 0.2) is 0 Å². The minimum absolute atomic E-state index is 0.0505. The summed E-state index contributed by atoms with van der Waals surface area (Å²) in [5, 5.41) is 0. The molecule has 0 spiro atoms. The molecule has 2 amide bonds. The van der Waals surface area contributed by atoms with E-state index in [-0.39, 0.29) is 12.2 Å². The molecule has 54 heavy (non-hydrogen) atoms. The van der Waals surface area contributed by atoms with Crippen LogP contribution in [0, 0.1) is 22.7 Å². The number of hydrogen-bond acceptors (Lipinski definition) is 5. The number of unbranched alkanes of at least 4 members (excludes halogenated alkanes) is 1. The van der Waals surface area contributed by atoms with Gasteiger partial charge in [-0.15, -0.1) is 0 Å². The Kier molecular flexibility index (Phi) is 13.0. The number of nitrogens with zero attached hydrogens (tertiary/aromatic N) is 1. The molecule has 0 aromatic heterocycles. The number of benzene rings is 1. The normalized spacial score (nSPS) is 19.3. The summed E-state index contributed by atoms with van der Waals surface area (Å²) in [5.41, 5.74) is -1.60. The van der Waals surface area contributed by atoms with E-state index in [1.165, 1.54) is 12.1 Å². The summed E-state index contributed by atoms with van der Waals surface area (Å²) in [6.45, 7) is 14.7. The maximum atomic E-state index is 14.3. The molecule has 0 aliphatic carbocycles. The van der Waals surface area contributed by atoms with Crippen LogP contribution < -0.4 is 4.74 Å². The molecule has 1 aliphatic heterocycles. The van der Waals surface area contributed by atoms with Crippen LogP contribution in [-0.4, -0.2) is 70.8 Å². The summed E-state index contributed by atoms with van der Waals surface area (Å²) in [4.78, 5) is 40.1. The van der Waals surface area contributed by atoms with Crippen LogP contribution in [0.15, 0.2) is 24.3 Å². The third-order valence-electron chi connectivity index (χ3n) is 8.98. The van der Waals surface area contributed by atoms with Crippen LogP contribution in [0.2, 0.25) is 0 Å². The molecule has 0 radical (unpaired) electrons. The molecule has 6 nitrogen and oxygen atoms in total. The number of halogens is 13. The smallest absolute Gasteiger partial charge is 0.428 e. The van der Waals surface area contributed by atoms with E-state index in [2.05, 4.69) is 0 Å². The molecule has 0 bridgehead atoms. The van der Waals surface area contributed by atoms with Gasteiger partial charge in [0.2, 0.25) is 11.8 Å². The van der Waals surface area contributed by atoms with Gasteiger partial charge in [-0.25, -0.2) is 4.79 Å². The molecule has 310 valence electrons. The van der Waals surface area contributed by atoms with Crippen molar-refractivity contribution in [3.63, 3.8) is 0 Å². The van der Waals surface area contributed by atoms with Crippen molar-refractivity contribution in [3.8, 4) is 5.75 Å². The SMILES string of the molecule is CC(C)(C)OC(=O)Oc1ccc(C(CC2C(=O)N(CCCCC(F)(F)C(F)(F)C(F)(F)C(F)(F)C(F)(F)C(F)(F)F)C(=O)C2C(C)(C)C)C(C)(C)C)cc1. The number of alkyl halides is 13. The van der Waals surface area contributed by atoms with Crippen molar-refractivity contribution in [2.45, 2.75) is 135 Å². The predicted molar refractivity (Wildman–Crippen MR) is 168 cm³/mol. The van der Waals surface area contributed by atoms with E-state index in [0.29, 0.717) is 10.5 Å². The van der Waals surface area contributed by atoms with Gasteiger partial charge < -0.3 is 9.47 Å². The quantitative estimate of drug-likeness (QED) is 0.0653. The third-order valence-corrected chi connectivity index (χ3v) is 8.98. The summed E-state index contributed by atoms with van der Waals surface area (Å²) in [5.74, 6) is -41.2. The standard InChI is InChI=1S/C35H44F13NO5/c1-27(2,3)22(19-12-14-20(15-13-19)53-26(52)54-29(7,8)9)18-21-23(28(4,5)6)25(51)49(24(21)50)17-11-10-16-30(36,37)31(38,39)32(40,41)33(42,43)34(44,45)35(46,47)48/h12-15,21-23H,10-11,16-18H2,1-9H3. The van der Waals surface area contributed by atoms with E-state index in [1.54, 1.807) is 53.7 Å². The zero-order chi connectivity index (χ0) is 42.5. The molecule has 0 N–H and O–H groups in total. The minimum atomic E-state index is -7.99. The van der Waals surface area contributed by atoms with E-state index in [9.17, 15) is 71.5 Å². The van der Waals surface area contributed by atoms with E-state index < -0.39 is 114 Å². The van der Waals surface area contributed by atoms with Crippen molar-refractivity contribution >= 4 is 18.0 Å². The first-order valence-electron chi connectivity index (χ1n) is 16.7. The number of hydrogen-bond donors (Lipinski definition) is 0. The maximum Gasteiger partial charge on any atom is 0.514 e. The molecular formula is C35H44F13NO5. The summed E-state index contributed by atoms with van der Waals surface area (Å²) in [6, 6.07) is 6.26. The topological polar surface area (TPSA) is 72.9 Å². The number of likely N-dealkylation sites (tertiary alicyclic amines) is 1. The Hall–Kier alpha value is -3.28. The van der Waals surface area contributed by atoms with Crippen LogP contribution >= 0.6 is 0 Å². The number of amides is 2. The molecule has 19 heteroatoms. The summed E-state index contributed by atoms with van der Waals surface area (Å²) < 4.78 is 186. The number of carbonyl (C=O) groups excluding carboxylic acids is 3. The van der Waals surface area contributed by atoms with Gasteiger partial charge in [0.05, 0.1) is 11.8 Å². The fraction of sp³-hybridized carbons (Fsp3) is 0.743. The van der Waals surface area contributed by atoms with Crippen molar-refractivity contribution in [1.29, 1.82) is 0 Å². The van der Waals surface area contributed by atoms with Crippen LogP contribution in [0.4, 0.5) is 61.9 Å². The van der Waals surface area contributed by atoms with Crippen molar-refractivity contribution in [2.75, 3.05) is 6.54 Å². The highest BCUT2D eigenvalue weighted by Gasteiger charge is 2.90. The second-order valence-corrected chi connectivity index (χ2v) is 16.5. The van der Waals surface area contributed by atoms with Crippen LogP contribution in [0.3, 0.4) is 0 Å². The minimum Gasteiger partial charge on any atom is -0.428 e. The molecule has 3 unspecified atom stereocenters. The first-order valence-corrected chi connectivity index (χ1v) is 16.7. The summed E-state index contributed by atoms with van der Waals surface area (Å²) >= 11 is 0. The zero-order valence-corrected chi connectivity index (χ0v) is 31.0. The highest BCUT2D eigenvalue weighted by atomic mass is 19.4. The van der Waals surface area contributed by atoms with Gasteiger partial charge in [-0.3, -0.25) is 14.5 Å². The predicted octanol–water partition coefficient (Wildman–Crippen LogP) is 11.1. The Balaban J connectivity index is 2.28.